The summed E-state index contributed by atoms with van der Waals surface area (Å²) in [5.74, 6) is -1.30. The predicted molar refractivity (Wildman–Crippen MR) is 54.2 cm³/mol. The molecule has 3 rings (SSSR count). The molecule has 5 nitrogen and oxygen atoms in total. The number of carboxylic acid groups (broad SMARTS) is 1. The first-order valence-electron chi connectivity index (χ1n) is 5.46. The van der Waals surface area contributed by atoms with Gasteiger partial charge in [-0.15, -0.1) is 0 Å². The lowest BCUT2D eigenvalue weighted by Crippen LogP contribution is -2.22. The zero-order valence-electron chi connectivity index (χ0n) is 9.14. The van der Waals surface area contributed by atoms with Gasteiger partial charge in [0, 0.05) is 17.7 Å². The van der Waals surface area contributed by atoms with Crippen LogP contribution in [0.25, 0.3) is 5.65 Å². The highest BCUT2D eigenvalue weighted by Gasteiger charge is 2.28. The van der Waals surface area contributed by atoms with Gasteiger partial charge in [0.1, 0.15) is 11.4 Å². The summed E-state index contributed by atoms with van der Waals surface area (Å²) in [6.07, 6.45) is -0.886. The van der Waals surface area contributed by atoms with Crippen molar-refractivity contribution in [1.29, 1.82) is 0 Å². The summed E-state index contributed by atoms with van der Waals surface area (Å²) in [5.41, 5.74) is -0.0387. The molecule has 0 saturated heterocycles. The largest absolute Gasteiger partial charge is 0.543 e. The van der Waals surface area contributed by atoms with Gasteiger partial charge in [0.2, 0.25) is 0 Å². The Morgan fingerprint density at radius 3 is 2.72 bits per heavy atom. The lowest BCUT2D eigenvalue weighted by molar-refractivity contribution is -0.255. The molecule has 0 atom stereocenters. The molecule has 1 aliphatic carbocycles. The molecule has 1 saturated carbocycles. The number of carboxylic acids is 1. The molecule has 1 aliphatic rings. The lowest BCUT2D eigenvalue weighted by atomic mass is 10.2. The van der Waals surface area contributed by atoms with Crippen molar-refractivity contribution >= 4 is 11.6 Å². The van der Waals surface area contributed by atoms with Gasteiger partial charge in [0.25, 0.3) is 6.43 Å². The molecule has 0 aliphatic heterocycles. The molecule has 0 unspecified atom stereocenters. The zero-order chi connectivity index (χ0) is 12.9. The second-order valence-corrected chi connectivity index (χ2v) is 4.27. The monoisotopic (exact) mass is 252 g/mol. The van der Waals surface area contributed by atoms with Gasteiger partial charge in [-0.1, -0.05) is 0 Å². The van der Waals surface area contributed by atoms with Crippen LogP contribution < -0.4 is 5.11 Å². The van der Waals surface area contributed by atoms with E-state index in [1.165, 1.54) is 6.07 Å². The summed E-state index contributed by atoms with van der Waals surface area (Å²) in [4.78, 5) is 14.8. The third-order valence-electron chi connectivity index (χ3n) is 2.90. The zero-order valence-corrected chi connectivity index (χ0v) is 9.14. The van der Waals surface area contributed by atoms with Crippen LogP contribution in [0.15, 0.2) is 12.1 Å². The van der Waals surface area contributed by atoms with Crippen molar-refractivity contribution in [3.63, 3.8) is 0 Å². The smallest absolute Gasteiger partial charge is 0.280 e. The van der Waals surface area contributed by atoms with Crippen molar-refractivity contribution in [2.24, 2.45) is 0 Å². The lowest BCUT2D eigenvalue weighted by Gasteiger charge is -2.06. The van der Waals surface area contributed by atoms with Crippen LogP contribution in [0.5, 0.6) is 0 Å². The molecule has 2 aromatic rings. The van der Waals surface area contributed by atoms with Crippen LogP contribution in [-0.2, 0) is 0 Å². The highest BCUT2D eigenvalue weighted by molar-refractivity contribution is 5.84. The summed E-state index contributed by atoms with van der Waals surface area (Å²) < 4.78 is 26.7. The number of hydrogen-bond acceptors (Lipinski definition) is 4. The number of aromatic carboxylic acids is 1. The van der Waals surface area contributed by atoms with Crippen molar-refractivity contribution in [1.82, 2.24) is 14.6 Å². The predicted octanol–water partition coefficient (Wildman–Crippen LogP) is 0.908. The first kappa shape index (κ1) is 11.1. The molecule has 0 aromatic carbocycles. The van der Waals surface area contributed by atoms with E-state index in [-0.39, 0.29) is 17.3 Å². The van der Waals surface area contributed by atoms with Crippen molar-refractivity contribution in [3.05, 3.63) is 29.2 Å². The van der Waals surface area contributed by atoms with Crippen LogP contribution in [-0.4, -0.2) is 20.6 Å². The van der Waals surface area contributed by atoms with Crippen molar-refractivity contribution in [2.75, 3.05) is 0 Å². The Hall–Kier alpha value is -2.05. The fourth-order valence-electron chi connectivity index (χ4n) is 1.86. The molecule has 0 bridgehead atoms. The van der Waals surface area contributed by atoms with Crippen LogP contribution in [0.3, 0.4) is 0 Å². The fourth-order valence-corrected chi connectivity index (χ4v) is 1.86. The van der Waals surface area contributed by atoms with E-state index in [4.69, 9.17) is 0 Å². The second-order valence-electron chi connectivity index (χ2n) is 4.27. The Balaban J connectivity index is 2.23. The number of aromatic nitrogens is 3. The van der Waals surface area contributed by atoms with E-state index in [0.717, 1.165) is 23.4 Å². The summed E-state index contributed by atoms with van der Waals surface area (Å²) >= 11 is 0. The summed E-state index contributed by atoms with van der Waals surface area (Å²) in [6, 6.07) is 2.44. The molecule has 7 heteroatoms. The Kier molecular flexibility index (Phi) is 2.29. The van der Waals surface area contributed by atoms with Gasteiger partial charge in [-0.05, 0) is 18.9 Å². The summed E-state index contributed by atoms with van der Waals surface area (Å²) in [7, 11) is 0. The van der Waals surface area contributed by atoms with E-state index in [1.807, 2.05) is 0 Å². The highest BCUT2D eigenvalue weighted by atomic mass is 19.3. The number of nitrogens with zero attached hydrogens (tertiary/aromatic N) is 3. The number of carbonyl (C=O) groups is 1. The third kappa shape index (κ3) is 1.71. The molecule has 0 spiro atoms. The number of rotatable bonds is 3. The van der Waals surface area contributed by atoms with E-state index in [2.05, 4.69) is 10.1 Å². The molecule has 2 heterocycles. The Labute approximate surface area is 100 Å². The molecule has 2 aromatic heterocycles. The quantitative estimate of drug-likeness (QED) is 0.814. The number of fused-ring (bicyclic) bond motifs is 1. The summed E-state index contributed by atoms with van der Waals surface area (Å²) in [5, 5.41) is 14.2. The minimum Gasteiger partial charge on any atom is -0.543 e. The normalized spacial score (nSPS) is 15.5. The Bertz CT molecular complexity index is 634. The second kappa shape index (κ2) is 3.72. The van der Waals surface area contributed by atoms with Gasteiger partial charge in [-0.3, -0.25) is 0 Å². The standard InChI is InChI=1S/C11H9F2N3O2/c12-10(13)8-3-6(5-1-2-5)14-9-4-7(11(17)18)15-16(8)9/h3-5,10H,1-2H2,(H,17,18)/p-1. The van der Waals surface area contributed by atoms with Gasteiger partial charge in [-0.2, -0.15) is 5.10 Å². The highest BCUT2D eigenvalue weighted by Crippen LogP contribution is 2.40. The van der Waals surface area contributed by atoms with E-state index >= 15 is 0 Å². The van der Waals surface area contributed by atoms with Crippen molar-refractivity contribution < 1.29 is 18.7 Å². The number of alkyl halides is 2. The SMILES string of the molecule is O=C([O-])c1cc2nc(C3CC3)cc(C(F)F)n2n1. The van der Waals surface area contributed by atoms with Gasteiger partial charge < -0.3 is 9.90 Å². The average Bonchev–Trinajstić information content (AvgIpc) is 3.06. The summed E-state index contributed by atoms with van der Waals surface area (Å²) in [6.45, 7) is 0. The van der Waals surface area contributed by atoms with Crippen LogP contribution in [0, 0.1) is 0 Å². The molecule has 0 radical (unpaired) electrons. The van der Waals surface area contributed by atoms with E-state index < -0.39 is 18.1 Å². The van der Waals surface area contributed by atoms with Gasteiger partial charge in [0.05, 0.1) is 5.97 Å². The van der Waals surface area contributed by atoms with Crippen LogP contribution >= 0.6 is 0 Å². The van der Waals surface area contributed by atoms with Crippen LogP contribution in [0.2, 0.25) is 0 Å². The van der Waals surface area contributed by atoms with E-state index in [1.54, 1.807) is 0 Å². The van der Waals surface area contributed by atoms with Gasteiger partial charge in [0.15, 0.2) is 5.65 Å². The van der Waals surface area contributed by atoms with Crippen LogP contribution in [0.1, 0.15) is 47.1 Å². The minimum absolute atomic E-state index is 0.119. The molecule has 0 amide bonds. The van der Waals surface area contributed by atoms with Gasteiger partial charge in [-0.25, -0.2) is 18.3 Å². The van der Waals surface area contributed by atoms with Crippen molar-refractivity contribution in [3.8, 4) is 0 Å². The fraction of sp³-hybridized carbons (Fsp3) is 0.364. The molecule has 18 heavy (non-hydrogen) atoms. The van der Waals surface area contributed by atoms with Crippen molar-refractivity contribution in [2.45, 2.75) is 25.2 Å². The van der Waals surface area contributed by atoms with Gasteiger partial charge >= 0.3 is 0 Å². The number of carbonyl (C=O) groups excluding carboxylic acids is 1. The maximum absolute atomic E-state index is 12.9. The molecule has 1 fully saturated rings. The minimum atomic E-state index is -2.73. The Morgan fingerprint density at radius 1 is 1.44 bits per heavy atom. The average molecular weight is 252 g/mol. The number of hydrogen-bond donors (Lipinski definition) is 0. The first-order valence-corrected chi connectivity index (χ1v) is 5.46. The van der Waals surface area contributed by atoms with E-state index in [0.29, 0.717) is 5.69 Å². The molecule has 94 valence electrons. The Morgan fingerprint density at radius 2 is 2.17 bits per heavy atom. The first-order chi connectivity index (χ1) is 8.56. The molecular formula is C11H8F2N3O2-. The third-order valence-corrected chi connectivity index (χ3v) is 2.90. The van der Waals surface area contributed by atoms with E-state index in [9.17, 15) is 18.7 Å². The maximum atomic E-state index is 12.9. The maximum Gasteiger partial charge on any atom is 0.280 e. The topological polar surface area (TPSA) is 70.3 Å². The molecule has 0 N–H and O–H groups in total. The molecular weight excluding hydrogens is 244 g/mol. The number of halogens is 2. The van der Waals surface area contributed by atoms with Crippen LogP contribution in [0.4, 0.5) is 8.78 Å².